The van der Waals surface area contributed by atoms with Gasteiger partial charge in [0.15, 0.2) is 0 Å². The van der Waals surface area contributed by atoms with Crippen molar-refractivity contribution in [3.05, 3.63) is 34.6 Å². The van der Waals surface area contributed by atoms with Crippen molar-refractivity contribution >= 4 is 11.6 Å². The van der Waals surface area contributed by atoms with Crippen LogP contribution in [0.2, 0.25) is 0 Å². The summed E-state index contributed by atoms with van der Waals surface area (Å²) >= 11 is 0. The molecule has 1 saturated heterocycles. The molecule has 2 heterocycles. The number of benzene rings is 1. The van der Waals surface area contributed by atoms with Crippen molar-refractivity contribution in [2.75, 3.05) is 23.7 Å². The summed E-state index contributed by atoms with van der Waals surface area (Å²) in [7, 11) is 1.91. The Hall–Kier alpha value is -2.55. The first-order chi connectivity index (χ1) is 12.0. The zero-order chi connectivity index (χ0) is 18.6. The number of rotatable bonds is 2. The van der Waals surface area contributed by atoms with Crippen LogP contribution in [-0.4, -0.2) is 27.9 Å². The largest absolute Gasteiger partial charge is 0.370 e. The maximum Gasteiger partial charge on any atom is 0.221 e. The number of nitrogens with two attached hydrogens (primary N) is 1. The minimum atomic E-state index is 0.372. The zero-order valence-electron chi connectivity index (χ0n) is 15.9. The molecule has 6 heteroatoms. The summed E-state index contributed by atoms with van der Waals surface area (Å²) in [5.41, 5.74) is 9.87. The number of nitrogens with zero attached hydrogens (tertiary/aromatic N) is 5. The molecule has 1 aliphatic heterocycles. The van der Waals surface area contributed by atoms with Crippen LogP contribution in [0, 0.1) is 25.2 Å². The van der Waals surface area contributed by atoms with Crippen molar-refractivity contribution in [1.29, 1.82) is 5.26 Å². The van der Waals surface area contributed by atoms with E-state index in [2.05, 4.69) is 34.2 Å². The Kier molecular flexibility index (Phi) is 6.02. The number of hydrogen-bond acceptors (Lipinski definition) is 5. The average molecular weight is 340 g/mol. The molecule has 0 unspecified atom stereocenters. The summed E-state index contributed by atoms with van der Waals surface area (Å²) in [5.74, 6) is 1.80. The molecule has 0 spiro atoms. The molecule has 134 valence electrons. The molecular formula is C19H28N6. The Morgan fingerprint density at radius 1 is 1.12 bits per heavy atom. The van der Waals surface area contributed by atoms with Crippen LogP contribution in [0.3, 0.4) is 0 Å². The Bertz CT molecular complexity index is 763. The molecule has 1 fully saturated rings. The zero-order valence-corrected chi connectivity index (χ0v) is 15.9. The van der Waals surface area contributed by atoms with Crippen LogP contribution in [-0.2, 0) is 7.05 Å². The van der Waals surface area contributed by atoms with E-state index in [0.29, 0.717) is 11.9 Å². The van der Waals surface area contributed by atoms with E-state index in [1.54, 1.807) is 0 Å². The van der Waals surface area contributed by atoms with E-state index in [4.69, 9.17) is 5.73 Å². The van der Waals surface area contributed by atoms with Gasteiger partial charge in [-0.2, -0.15) is 5.26 Å². The number of piperidine rings is 1. The highest BCUT2D eigenvalue weighted by Gasteiger charge is 2.27. The molecule has 0 amide bonds. The topological polar surface area (TPSA) is 83.8 Å². The molecule has 0 radical (unpaired) electrons. The lowest BCUT2D eigenvalue weighted by atomic mass is 9.93. The second-order valence-electron chi connectivity index (χ2n) is 6.27. The Morgan fingerprint density at radius 2 is 1.72 bits per heavy atom. The predicted octanol–water partition coefficient (Wildman–Crippen LogP) is 3.30. The molecule has 0 saturated carbocycles. The van der Waals surface area contributed by atoms with Crippen LogP contribution in [0.4, 0.5) is 11.6 Å². The summed E-state index contributed by atoms with van der Waals surface area (Å²) in [4.78, 5) is 2.33. The van der Waals surface area contributed by atoms with Gasteiger partial charge < -0.3 is 15.2 Å². The molecule has 2 N–H and O–H groups in total. The van der Waals surface area contributed by atoms with Gasteiger partial charge in [0.1, 0.15) is 11.9 Å². The summed E-state index contributed by atoms with van der Waals surface area (Å²) < 4.78 is 1.87. The first kappa shape index (κ1) is 18.8. The lowest BCUT2D eigenvalue weighted by Crippen LogP contribution is -2.34. The van der Waals surface area contributed by atoms with E-state index in [0.717, 1.165) is 54.1 Å². The Balaban J connectivity index is 0.00000109. The van der Waals surface area contributed by atoms with E-state index >= 15 is 0 Å². The first-order valence-corrected chi connectivity index (χ1v) is 8.93. The van der Waals surface area contributed by atoms with Gasteiger partial charge in [-0.25, -0.2) is 0 Å². The molecule has 0 aliphatic carbocycles. The van der Waals surface area contributed by atoms with Crippen molar-refractivity contribution in [3.8, 4) is 6.07 Å². The fourth-order valence-electron chi connectivity index (χ4n) is 3.42. The van der Waals surface area contributed by atoms with Crippen molar-refractivity contribution in [2.24, 2.45) is 7.05 Å². The molecule has 1 aromatic carbocycles. The fourth-order valence-corrected chi connectivity index (χ4v) is 3.42. The van der Waals surface area contributed by atoms with Crippen LogP contribution >= 0.6 is 0 Å². The SMILES string of the molecule is CC.Cc1ccc(C)c(N2CCC(c3nnc(N)n3C)CC2)c1C#N. The minimum absolute atomic E-state index is 0.372. The minimum Gasteiger partial charge on any atom is -0.370 e. The normalized spacial score (nSPS) is 14.6. The summed E-state index contributed by atoms with van der Waals surface area (Å²) in [6.07, 6.45) is 1.98. The van der Waals surface area contributed by atoms with Crippen molar-refractivity contribution in [3.63, 3.8) is 0 Å². The number of hydrogen-bond donors (Lipinski definition) is 1. The van der Waals surface area contributed by atoms with Gasteiger partial charge in [0, 0.05) is 26.1 Å². The van der Waals surface area contributed by atoms with Crippen molar-refractivity contribution in [1.82, 2.24) is 14.8 Å². The van der Waals surface area contributed by atoms with Crippen molar-refractivity contribution < 1.29 is 0 Å². The van der Waals surface area contributed by atoms with Gasteiger partial charge >= 0.3 is 0 Å². The molecule has 3 rings (SSSR count). The number of aryl methyl sites for hydroxylation is 2. The highest BCUT2D eigenvalue weighted by molar-refractivity contribution is 5.66. The monoisotopic (exact) mass is 340 g/mol. The van der Waals surface area contributed by atoms with E-state index in [9.17, 15) is 5.26 Å². The Labute approximate surface area is 150 Å². The third-order valence-corrected chi connectivity index (χ3v) is 4.82. The van der Waals surface area contributed by atoms with Gasteiger partial charge in [0.25, 0.3) is 0 Å². The van der Waals surface area contributed by atoms with E-state index < -0.39 is 0 Å². The molecule has 25 heavy (non-hydrogen) atoms. The Morgan fingerprint density at radius 3 is 2.24 bits per heavy atom. The lowest BCUT2D eigenvalue weighted by molar-refractivity contribution is 0.474. The third kappa shape index (κ3) is 3.60. The predicted molar refractivity (Wildman–Crippen MR) is 102 cm³/mol. The van der Waals surface area contributed by atoms with Crippen LogP contribution in [0.5, 0.6) is 0 Å². The molecule has 1 aromatic heterocycles. The summed E-state index contributed by atoms with van der Waals surface area (Å²) in [6.45, 7) is 9.90. The second-order valence-corrected chi connectivity index (χ2v) is 6.27. The van der Waals surface area contributed by atoms with Gasteiger partial charge in [-0.1, -0.05) is 26.0 Å². The van der Waals surface area contributed by atoms with Gasteiger partial charge in [-0.3, -0.25) is 0 Å². The molecular weight excluding hydrogens is 312 g/mol. The summed E-state index contributed by atoms with van der Waals surface area (Å²) in [5, 5.41) is 17.7. The smallest absolute Gasteiger partial charge is 0.221 e. The number of anilines is 2. The average Bonchev–Trinajstić information content (AvgIpc) is 2.98. The van der Waals surface area contributed by atoms with Gasteiger partial charge in [-0.15, -0.1) is 10.2 Å². The number of nitriles is 1. The molecule has 1 aliphatic rings. The fraction of sp³-hybridized carbons (Fsp3) is 0.526. The lowest BCUT2D eigenvalue weighted by Gasteiger charge is -2.34. The maximum atomic E-state index is 9.51. The second kappa shape index (κ2) is 8.02. The van der Waals surface area contributed by atoms with Crippen molar-refractivity contribution in [2.45, 2.75) is 46.5 Å². The first-order valence-electron chi connectivity index (χ1n) is 8.93. The van der Waals surface area contributed by atoms with Crippen LogP contribution in [0.15, 0.2) is 12.1 Å². The van der Waals surface area contributed by atoms with E-state index in [1.165, 1.54) is 0 Å². The van der Waals surface area contributed by atoms with E-state index in [-0.39, 0.29) is 0 Å². The number of aromatic nitrogens is 3. The standard InChI is InChI=1S/C17H22N6.C2H6/c1-11-4-5-12(2)15(14(11)10-18)23-8-6-13(7-9-23)16-20-21-17(19)22(16)3;1-2/h4-5,13H,6-9H2,1-3H3,(H2,19,21);1-2H3. The molecule has 2 aromatic rings. The van der Waals surface area contributed by atoms with Crippen LogP contribution in [0.25, 0.3) is 0 Å². The molecule has 0 atom stereocenters. The maximum absolute atomic E-state index is 9.51. The van der Waals surface area contributed by atoms with Gasteiger partial charge in [-0.05, 0) is 37.8 Å². The molecule has 6 nitrogen and oxygen atoms in total. The van der Waals surface area contributed by atoms with Gasteiger partial charge in [0.2, 0.25) is 5.95 Å². The van der Waals surface area contributed by atoms with E-state index in [1.807, 2.05) is 38.5 Å². The summed E-state index contributed by atoms with van der Waals surface area (Å²) in [6, 6.07) is 6.49. The highest BCUT2D eigenvalue weighted by Crippen LogP contribution is 2.34. The number of nitrogen functional groups attached to an aromatic ring is 1. The highest BCUT2D eigenvalue weighted by atomic mass is 15.3. The quantitative estimate of drug-likeness (QED) is 0.907. The van der Waals surface area contributed by atoms with Crippen LogP contribution < -0.4 is 10.6 Å². The van der Waals surface area contributed by atoms with Crippen LogP contribution in [0.1, 0.15) is 55.1 Å². The third-order valence-electron chi connectivity index (χ3n) is 4.82. The molecule has 0 bridgehead atoms. The van der Waals surface area contributed by atoms with Gasteiger partial charge in [0.05, 0.1) is 11.3 Å².